The molecule has 1 atom stereocenters. The quantitative estimate of drug-likeness (QED) is 0.394. The fourth-order valence-electron chi connectivity index (χ4n) is 1.58. The van der Waals surface area contributed by atoms with Crippen LogP contribution in [0.2, 0.25) is 0 Å². The van der Waals surface area contributed by atoms with Crippen molar-refractivity contribution in [2.24, 2.45) is 0 Å². The van der Waals surface area contributed by atoms with Crippen LogP contribution in [0.15, 0.2) is 11.5 Å². The molecule has 5 heteroatoms. The summed E-state index contributed by atoms with van der Waals surface area (Å²) in [5, 5.41) is 18.7. The fraction of sp³-hybridized carbons (Fsp3) is 0.700. The van der Waals surface area contributed by atoms with Crippen molar-refractivity contribution in [3.8, 4) is 0 Å². The molecule has 86 valence electrons. The number of carbonyl (C=O) groups excluding carboxylic acids is 1. The normalized spacial score (nSPS) is 20.8. The van der Waals surface area contributed by atoms with E-state index < -0.39 is 6.10 Å². The highest BCUT2D eigenvalue weighted by Gasteiger charge is 2.18. The van der Waals surface area contributed by atoms with Gasteiger partial charge in [0, 0.05) is 19.5 Å². The van der Waals surface area contributed by atoms with Crippen LogP contribution in [-0.4, -0.2) is 53.8 Å². The van der Waals surface area contributed by atoms with Crippen molar-refractivity contribution in [1.29, 1.82) is 0 Å². The highest BCUT2D eigenvalue weighted by molar-refractivity contribution is 5.70. The van der Waals surface area contributed by atoms with Gasteiger partial charge in [0.15, 0.2) is 12.0 Å². The zero-order valence-corrected chi connectivity index (χ0v) is 8.85. The first kappa shape index (κ1) is 12.0. The molecular formula is C10H17NO4. The molecule has 0 spiro atoms. The molecule has 0 aliphatic carbocycles. The lowest BCUT2D eigenvalue weighted by Gasteiger charge is -2.31. The van der Waals surface area contributed by atoms with E-state index in [9.17, 15) is 15.0 Å². The van der Waals surface area contributed by atoms with Gasteiger partial charge in [0.1, 0.15) is 0 Å². The molecule has 0 aromatic rings. The monoisotopic (exact) mass is 215 g/mol. The van der Waals surface area contributed by atoms with E-state index in [0.717, 1.165) is 0 Å². The summed E-state index contributed by atoms with van der Waals surface area (Å²) >= 11 is 0. The third kappa shape index (κ3) is 3.53. The maximum atomic E-state index is 10.5. The van der Waals surface area contributed by atoms with Gasteiger partial charge < -0.3 is 19.8 Å². The van der Waals surface area contributed by atoms with Gasteiger partial charge in [-0.25, -0.2) is 0 Å². The van der Waals surface area contributed by atoms with E-state index in [-0.39, 0.29) is 12.2 Å². The molecule has 0 aromatic heterocycles. The van der Waals surface area contributed by atoms with Gasteiger partial charge in [0.05, 0.1) is 25.0 Å². The molecule has 1 heterocycles. The van der Waals surface area contributed by atoms with Crippen LogP contribution in [0.1, 0.15) is 13.3 Å². The van der Waals surface area contributed by atoms with E-state index in [1.54, 1.807) is 6.92 Å². The number of nitrogens with zero attached hydrogens (tertiary/aromatic N) is 1. The van der Waals surface area contributed by atoms with Crippen LogP contribution in [0, 0.1) is 0 Å². The SMILES string of the molecule is CC(O)C/C(=C(/O)C=O)N1CCOCC1. The molecule has 0 amide bonds. The van der Waals surface area contributed by atoms with Crippen molar-refractivity contribution in [3.63, 3.8) is 0 Å². The molecule has 0 bridgehead atoms. The molecule has 0 aromatic carbocycles. The van der Waals surface area contributed by atoms with Gasteiger partial charge >= 0.3 is 0 Å². The molecule has 1 saturated heterocycles. The maximum Gasteiger partial charge on any atom is 0.186 e. The summed E-state index contributed by atoms with van der Waals surface area (Å²) in [5.41, 5.74) is 0.503. The lowest BCUT2D eigenvalue weighted by atomic mass is 10.1. The van der Waals surface area contributed by atoms with Gasteiger partial charge in [-0.05, 0) is 6.92 Å². The fourth-order valence-corrected chi connectivity index (χ4v) is 1.58. The van der Waals surface area contributed by atoms with Crippen LogP contribution >= 0.6 is 0 Å². The van der Waals surface area contributed by atoms with Crippen molar-refractivity contribution in [3.05, 3.63) is 11.5 Å². The average Bonchev–Trinajstić information content (AvgIpc) is 2.26. The van der Waals surface area contributed by atoms with Crippen LogP contribution in [0.5, 0.6) is 0 Å². The van der Waals surface area contributed by atoms with Crippen molar-refractivity contribution < 1.29 is 19.7 Å². The number of morpholine rings is 1. The number of carbonyl (C=O) groups is 1. The van der Waals surface area contributed by atoms with E-state index in [2.05, 4.69) is 0 Å². The lowest BCUT2D eigenvalue weighted by molar-refractivity contribution is -0.107. The molecule has 0 radical (unpaired) electrons. The Labute approximate surface area is 89.0 Å². The number of hydrogen-bond donors (Lipinski definition) is 2. The van der Waals surface area contributed by atoms with Gasteiger partial charge in [-0.3, -0.25) is 4.79 Å². The Hall–Kier alpha value is -1.07. The first-order valence-corrected chi connectivity index (χ1v) is 5.03. The van der Waals surface area contributed by atoms with Gasteiger partial charge in [0.2, 0.25) is 0 Å². The second-order valence-corrected chi connectivity index (χ2v) is 3.60. The first-order chi connectivity index (χ1) is 7.15. The molecule has 2 N–H and O–H groups in total. The van der Waals surface area contributed by atoms with E-state index in [1.807, 2.05) is 4.90 Å². The minimum atomic E-state index is -0.579. The molecule has 0 saturated carbocycles. The summed E-state index contributed by atoms with van der Waals surface area (Å²) in [6.07, 6.45) is 0.113. The van der Waals surface area contributed by atoms with E-state index in [0.29, 0.717) is 38.3 Å². The molecule has 1 fully saturated rings. The van der Waals surface area contributed by atoms with Gasteiger partial charge in [0.25, 0.3) is 0 Å². The number of hydrogen-bond acceptors (Lipinski definition) is 5. The Bertz CT molecular complexity index is 244. The second kappa shape index (κ2) is 5.72. The van der Waals surface area contributed by atoms with Crippen molar-refractivity contribution >= 4 is 6.29 Å². The van der Waals surface area contributed by atoms with Crippen molar-refractivity contribution in [1.82, 2.24) is 4.90 Å². The number of allylic oxidation sites excluding steroid dienone is 1. The van der Waals surface area contributed by atoms with Crippen LogP contribution < -0.4 is 0 Å². The molecule has 1 rings (SSSR count). The predicted molar refractivity (Wildman–Crippen MR) is 54.4 cm³/mol. The molecule has 5 nitrogen and oxygen atoms in total. The van der Waals surface area contributed by atoms with Crippen LogP contribution in [-0.2, 0) is 9.53 Å². The Balaban J connectivity index is 2.74. The Morgan fingerprint density at radius 2 is 2.13 bits per heavy atom. The maximum absolute atomic E-state index is 10.5. The summed E-state index contributed by atoms with van der Waals surface area (Å²) < 4.78 is 5.17. The summed E-state index contributed by atoms with van der Waals surface area (Å²) in [7, 11) is 0. The van der Waals surface area contributed by atoms with Crippen molar-refractivity contribution in [2.45, 2.75) is 19.4 Å². The number of aliphatic hydroxyl groups excluding tert-OH is 2. The summed E-state index contributed by atoms with van der Waals surface area (Å²) in [4.78, 5) is 12.4. The molecular weight excluding hydrogens is 198 g/mol. The second-order valence-electron chi connectivity index (χ2n) is 3.60. The molecule has 1 aliphatic heterocycles. The smallest absolute Gasteiger partial charge is 0.186 e. The van der Waals surface area contributed by atoms with Crippen molar-refractivity contribution in [2.75, 3.05) is 26.3 Å². The number of ether oxygens (including phenoxy) is 1. The van der Waals surface area contributed by atoms with E-state index in [4.69, 9.17) is 4.74 Å². The number of aliphatic hydroxyl groups is 2. The zero-order chi connectivity index (χ0) is 11.3. The highest BCUT2D eigenvalue weighted by Crippen LogP contribution is 2.16. The topological polar surface area (TPSA) is 70.0 Å². The minimum absolute atomic E-state index is 0.282. The number of rotatable bonds is 4. The van der Waals surface area contributed by atoms with Gasteiger partial charge in [-0.1, -0.05) is 0 Å². The third-order valence-electron chi connectivity index (χ3n) is 2.29. The average molecular weight is 215 g/mol. The highest BCUT2D eigenvalue weighted by atomic mass is 16.5. The molecule has 15 heavy (non-hydrogen) atoms. The van der Waals surface area contributed by atoms with Gasteiger partial charge in [-0.15, -0.1) is 0 Å². The summed E-state index contributed by atoms with van der Waals surface area (Å²) in [6.45, 7) is 4.06. The third-order valence-corrected chi connectivity index (χ3v) is 2.29. The minimum Gasteiger partial charge on any atom is -0.503 e. The summed E-state index contributed by atoms with van der Waals surface area (Å²) in [6, 6.07) is 0. The zero-order valence-electron chi connectivity index (χ0n) is 8.85. The van der Waals surface area contributed by atoms with E-state index >= 15 is 0 Å². The summed E-state index contributed by atoms with van der Waals surface area (Å²) in [5.74, 6) is -0.294. The Morgan fingerprint density at radius 1 is 1.53 bits per heavy atom. The Kier molecular flexibility index (Phi) is 4.58. The lowest BCUT2D eigenvalue weighted by Crippen LogP contribution is -2.37. The van der Waals surface area contributed by atoms with Crippen LogP contribution in [0.4, 0.5) is 0 Å². The standard InChI is InChI=1S/C10H17NO4/c1-8(13)6-9(10(14)7-12)11-2-4-15-5-3-11/h7-8,13-14H,2-6H2,1H3/b10-9-. The van der Waals surface area contributed by atoms with E-state index in [1.165, 1.54) is 0 Å². The van der Waals surface area contributed by atoms with Crippen LogP contribution in [0.25, 0.3) is 0 Å². The largest absolute Gasteiger partial charge is 0.503 e. The Morgan fingerprint density at radius 3 is 2.60 bits per heavy atom. The first-order valence-electron chi connectivity index (χ1n) is 5.03. The molecule has 1 aliphatic rings. The van der Waals surface area contributed by atoms with Gasteiger partial charge in [-0.2, -0.15) is 0 Å². The van der Waals surface area contributed by atoms with Crippen LogP contribution in [0.3, 0.4) is 0 Å². The predicted octanol–water partition coefficient (Wildman–Crippen LogP) is 0.0580. The number of aldehydes is 1. The molecule has 1 unspecified atom stereocenters.